The van der Waals surface area contributed by atoms with Crippen LogP contribution in [0.25, 0.3) is 0 Å². The fourth-order valence-corrected chi connectivity index (χ4v) is 1.45. The van der Waals surface area contributed by atoms with Crippen molar-refractivity contribution in [3.05, 3.63) is 22.4 Å². The van der Waals surface area contributed by atoms with Gasteiger partial charge in [0.2, 0.25) is 5.91 Å². The molecule has 1 rings (SSSR count). The van der Waals surface area contributed by atoms with Crippen molar-refractivity contribution in [1.82, 2.24) is 0 Å². The molecule has 0 saturated heterocycles. The molecule has 10 heavy (non-hydrogen) atoms. The molecule has 0 aliphatic rings. The minimum atomic E-state index is -2.06. The van der Waals surface area contributed by atoms with Crippen molar-refractivity contribution in [2.24, 2.45) is 5.73 Å². The Morgan fingerprint density at radius 3 is 2.70 bits per heavy atom. The van der Waals surface area contributed by atoms with Gasteiger partial charge in [0.1, 0.15) is 0 Å². The van der Waals surface area contributed by atoms with Gasteiger partial charge in [-0.15, -0.1) is 11.3 Å². The quantitative estimate of drug-likeness (QED) is 0.527. The molecule has 1 heterocycles. The zero-order valence-corrected chi connectivity index (χ0v) is 6.14. The van der Waals surface area contributed by atoms with Gasteiger partial charge >= 0.3 is 0 Å². The molecule has 0 aliphatic heterocycles. The summed E-state index contributed by atoms with van der Waals surface area (Å²) in [5.41, 5.74) is 4.94. The first-order valence-electron chi connectivity index (χ1n) is 2.84. The molecule has 4 N–H and O–H groups in total. The van der Waals surface area contributed by atoms with Crippen molar-refractivity contribution in [3.63, 3.8) is 0 Å². The summed E-state index contributed by atoms with van der Waals surface area (Å²) >= 11 is 1.45. The minimum absolute atomic E-state index is 0.0880. The van der Waals surface area contributed by atoms with E-state index < -0.39 is 5.91 Å². The van der Waals surface area contributed by atoms with Crippen LogP contribution in [-0.2, 0) is 6.42 Å². The van der Waals surface area contributed by atoms with E-state index in [0.29, 0.717) is 0 Å². The third-order valence-electron chi connectivity index (χ3n) is 1.01. The number of hydrogen-bond acceptors (Lipinski definition) is 4. The van der Waals surface area contributed by atoms with Crippen LogP contribution in [-0.4, -0.2) is 16.1 Å². The Bertz CT molecular complexity index is 190. The maximum absolute atomic E-state index is 8.73. The first-order valence-corrected chi connectivity index (χ1v) is 3.72. The van der Waals surface area contributed by atoms with Gasteiger partial charge in [0.15, 0.2) is 0 Å². The van der Waals surface area contributed by atoms with E-state index in [4.69, 9.17) is 15.9 Å². The molecule has 1 aromatic heterocycles. The molecular formula is C6H9NO2S. The highest BCUT2D eigenvalue weighted by Gasteiger charge is 2.16. The lowest BCUT2D eigenvalue weighted by molar-refractivity contribution is -0.153. The first-order chi connectivity index (χ1) is 4.58. The molecule has 0 spiro atoms. The van der Waals surface area contributed by atoms with Crippen LogP contribution < -0.4 is 5.73 Å². The van der Waals surface area contributed by atoms with E-state index in [1.807, 2.05) is 11.4 Å². The summed E-state index contributed by atoms with van der Waals surface area (Å²) in [5, 5.41) is 19.3. The van der Waals surface area contributed by atoms with Crippen LogP contribution in [0.2, 0.25) is 0 Å². The first kappa shape index (κ1) is 7.68. The average Bonchev–Trinajstić information content (AvgIpc) is 2.12. The Kier molecular flexibility index (Phi) is 2.05. The molecule has 0 aromatic carbocycles. The largest absolute Gasteiger partial charge is 0.353 e. The molecule has 0 aliphatic carbocycles. The smallest absolute Gasteiger partial charge is 0.224 e. The van der Waals surface area contributed by atoms with Gasteiger partial charge < -0.3 is 10.2 Å². The third kappa shape index (κ3) is 2.45. The van der Waals surface area contributed by atoms with Crippen molar-refractivity contribution in [2.75, 3.05) is 0 Å². The second kappa shape index (κ2) is 2.67. The maximum Gasteiger partial charge on any atom is 0.224 e. The van der Waals surface area contributed by atoms with Gasteiger partial charge in [-0.05, 0) is 11.4 Å². The Balaban J connectivity index is 2.57. The molecule has 56 valence electrons. The summed E-state index contributed by atoms with van der Waals surface area (Å²) in [6.45, 7) is 0. The van der Waals surface area contributed by atoms with Crippen LogP contribution in [0, 0.1) is 0 Å². The lowest BCUT2D eigenvalue weighted by Gasteiger charge is -2.13. The van der Waals surface area contributed by atoms with Crippen LogP contribution in [0.4, 0.5) is 0 Å². The van der Waals surface area contributed by atoms with E-state index in [0.717, 1.165) is 4.88 Å². The second-order valence-electron chi connectivity index (χ2n) is 2.13. The maximum atomic E-state index is 8.73. The summed E-state index contributed by atoms with van der Waals surface area (Å²) in [6.07, 6.45) is 0.0880. The minimum Gasteiger partial charge on any atom is -0.353 e. The van der Waals surface area contributed by atoms with Crippen molar-refractivity contribution in [2.45, 2.75) is 12.3 Å². The molecule has 3 nitrogen and oxygen atoms in total. The lowest BCUT2D eigenvalue weighted by Crippen LogP contribution is -2.41. The van der Waals surface area contributed by atoms with Crippen LogP contribution in [0.15, 0.2) is 17.5 Å². The van der Waals surface area contributed by atoms with Gasteiger partial charge in [-0.2, -0.15) is 0 Å². The van der Waals surface area contributed by atoms with Gasteiger partial charge in [-0.25, -0.2) is 0 Å². The molecule has 1 aromatic rings. The van der Waals surface area contributed by atoms with Crippen LogP contribution in [0.1, 0.15) is 4.88 Å². The predicted molar refractivity (Wildman–Crippen MR) is 39.4 cm³/mol. The fourth-order valence-electron chi connectivity index (χ4n) is 0.670. The molecule has 4 heteroatoms. The molecule has 0 atom stereocenters. The van der Waals surface area contributed by atoms with E-state index in [1.165, 1.54) is 11.3 Å². The molecule has 0 amide bonds. The van der Waals surface area contributed by atoms with Gasteiger partial charge in [-0.1, -0.05) is 6.07 Å². The topological polar surface area (TPSA) is 66.5 Å². The standard InChI is InChI=1S/C6H9NO2S/c7-6(8,9)4-5-2-1-3-10-5/h1-3,8-9H,4,7H2. The van der Waals surface area contributed by atoms with Crippen molar-refractivity contribution in [3.8, 4) is 0 Å². The summed E-state index contributed by atoms with van der Waals surface area (Å²) in [5.74, 6) is -2.06. The SMILES string of the molecule is NC(O)(O)Cc1cccs1. The number of hydrogen-bond donors (Lipinski definition) is 3. The Labute approximate surface area is 62.7 Å². The fraction of sp³-hybridized carbons (Fsp3) is 0.333. The summed E-state index contributed by atoms with van der Waals surface area (Å²) in [6, 6.07) is 3.64. The zero-order valence-electron chi connectivity index (χ0n) is 5.32. The monoisotopic (exact) mass is 159 g/mol. The highest BCUT2D eigenvalue weighted by molar-refractivity contribution is 7.09. The van der Waals surface area contributed by atoms with Crippen LogP contribution in [0.5, 0.6) is 0 Å². The predicted octanol–water partition coefficient (Wildman–Crippen LogP) is -0.112. The second-order valence-corrected chi connectivity index (χ2v) is 3.17. The molecule has 0 bridgehead atoms. The number of nitrogens with two attached hydrogens (primary N) is 1. The molecule has 0 unspecified atom stereocenters. The van der Waals surface area contributed by atoms with Crippen molar-refractivity contribution < 1.29 is 10.2 Å². The van der Waals surface area contributed by atoms with E-state index in [2.05, 4.69) is 0 Å². The highest BCUT2D eigenvalue weighted by Crippen LogP contribution is 2.12. The third-order valence-corrected chi connectivity index (χ3v) is 1.89. The Hall–Kier alpha value is -0.420. The van der Waals surface area contributed by atoms with E-state index in [9.17, 15) is 0 Å². The normalized spacial score (nSPS) is 11.9. The van der Waals surface area contributed by atoms with Crippen molar-refractivity contribution >= 4 is 11.3 Å². The summed E-state index contributed by atoms with van der Waals surface area (Å²) < 4.78 is 0. The van der Waals surface area contributed by atoms with Gasteiger partial charge in [0, 0.05) is 4.88 Å². The van der Waals surface area contributed by atoms with E-state index in [-0.39, 0.29) is 6.42 Å². The molecule has 0 fully saturated rings. The summed E-state index contributed by atoms with van der Waals surface area (Å²) in [4.78, 5) is 0.868. The molecule has 0 saturated carbocycles. The van der Waals surface area contributed by atoms with Gasteiger partial charge in [0.05, 0.1) is 6.42 Å². The van der Waals surface area contributed by atoms with Crippen LogP contribution >= 0.6 is 11.3 Å². The van der Waals surface area contributed by atoms with E-state index >= 15 is 0 Å². The Morgan fingerprint density at radius 2 is 2.30 bits per heavy atom. The van der Waals surface area contributed by atoms with Crippen molar-refractivity contribution in [1.29, 1.82) is 0 Å². The highest BCUT2D eigenvalue weighted by atomic mass is 32.1. The molecular weight excluding hydrogens is 150 g/mol. The van der Waals surface area contributed by atoms with E-state index in [1.54, 1.807) is 6.07 Å². The van der Waals surface area contributed by atoms with Crippen LogP contribution in [0.3, 0.4) is 0 Å². The summed E-state index contributed by atoms with van der Waals surface area (Å²) in [7, 11) is 0. The zero-order chi connectivity index (χ0) is 7.61. The number of aliphatic hydroxyl groups is 2. The average molecular weight is 159 g/mol. The molecule has 0 radical (unpaired) electrons. The van der Waals surface area contributed by atoms with Gasteiger partial charge in [0.25, 0.3) is 0 Å². The van der Waals surface area contributed by atoms with Gasteiger partial charge in [-0.3, -0.25) is 5.73 Å². The Morgan fingerprint density at radius 1 is 1.60 bits per heavy atom. The number of rotatable bonds is 2. The lowest BCUT2D eigenvalue weighted by atomic mass is 10.3. The number of thiophene rings is 1.